The van der Waals surface area contributed by atoms with E-state index in [4.69, 9.17) is 7.85 Å². The lowest BCUT2D eigenvalue weighted by Gasteiger charge is -2.25. The summed E-state index contributed by atoms with van der Waals surface area (Å²) >= 11 is 0. The van der Waals surface area contributed by atoms with Crippen molar-refractivity contribution in [1.82, 2.24) is 0 Å². The second-order valence-corrected chi connectivity index (χ2v) is 6.58. The van der Waals surface area contributed by atoms with Crippen molar-refractivity contribution in [2.24, 2.45) is 5.92 Å². The average molecular weight is 250 g/mol. The van der Waals surface area contributed by atoms with Crippen molar-refractivity contribution in [2.75, 3.05) is 0 Å². The fraction of sp³-hybridized carbons (Fsp3) is 1.00. The van der Waals surface area contributed by atoms with E-state index < -0.39 is 0 Å². The van der Waals surface area contributed by atoms with E-state index in [0.717, 1.165) is 5.92 Å². The second kappa shape index (κ2) is 10.9. The van der Waals surface area contributed by atoms with Gasteiger partial charge in [0.2, 0.25) is 0 Å². The van der Waals surface area contributed by atoms with Gasteiger partial charge in [0.1, 0.15) is 0 Å². The molecule has 0 heterocycles. The monoisotopic (exact) mass is 250 g/mol. The van der Waals surface area contributed by atoms with Gasteiger partial charge >= 0.3 is 0 Å². The smallest absolute Gasteiger partial charge is 0.0688 e. The van der Waals surface area contributed by atoms with Gasteiger partial charge in [0, 0.05) is 0 Å². The van der Waals surface area contributed by atoms with E-state index in [-0.39, 0.29) is 5.31 Å². The molecular weight excluding hydrogens is 215 g/mol. The van der Waals surface area contributed by atoms with Crippen molar-refractivity contribution in [3.05, 3.63) is 0 Å². The van der Waals surface area contributed by atoms with E-state index in [1.54, 1.807) is 0 Å². The first kappa shape index (κ1) is 18.1. The Balaban J connectivity index is 3.48. The SMILES string of the molecule is [B]C(C)(CCCCCCCC)CCCC(C)CC. The van der Waals surface area contributed by atoms with E-state index in [0.29, 0.717) is 0 Å². The molecule has 0 amide bonds. The standard InChI is InChI=1S/C17H35B/c1-5-7-8-9-10-11-14-17(4,18)15-12-13-16(3)6-2/h16H,5-15H2,1-4H3. The van der Waals surface area contributed by atoms with Crippen LogP contribution >= 0.6 is 0 Å². The third-order valence-electron chi connectivity index (χ3n) is 4.24. The number of unbranched alkanes of at least 4 members (excludes halogenated alkanes) is 5. The topological polar surface area (TPSA) is 0 Å². The van der Waals surface area contributed by atoms with Crippen molar-refractivity contribution < 1.29 is 0 Å². The Kier molecular flexibility index (Phi) is 11.0. The van der Waals surface area contributed by atoms with Crippen LogP contribution in [0.15, 0.2) is 0 Å². The van der Waals surface area contributed by atoms with Crippen LogP contribution in [0.25, 0.3) is 0 Å². The Bertz CT molecular complexity index is 174. The van der Waals surface area contributed by atoms with Gasteiger partial charge < -0.3 is 0 Å². The Morgan fingerprint density at radius 1 is 0.889 bits per heavy atom. The summed E-state index contributed by atoms with van der Waals surface area (Å²) < 4.78 is 0. The molecule has 0 nitrogen and oxygen atoms in total. The van der Waals surface area contributed by atoms with Crippen LogP contribution in [0.5, 0.6) is 0 Å². The first-order chi connectivity index (χ1) is 8.52. The Morgan fingerprint density at radius 2 is 1.44 bits per heavy atom. The van der Waals surface area contributed by atoms with Gasteiger partial charge in [-0.3, -0.25) is 0 Å². The summed E-state index contributed by atoms with van der Waals surface area (Å²) in [6.07, 6.45) is 14.6. The molecule has 18 heavy (non-hydrogen) atoms. The third-order valence-corrected chi connectivity index (χ3v) is 4.24. The lowest BCUT2D eigenvalue weighted by Crippen LogP contribution is -2.09. The van der Waals surface area contributed by atoms with E-state index in [2.05, 4.69) is 27.7 Å². The summed E-state index contributed by atoms with van der Waals surface area (Å²) in [5.41, 5.74) is 0. The molecule has 0 aromatic heterocycles. The summed E-state index contributed by atoms with van der Waals surface area (Å²) in [6.45, 7) is 9.15. The van der Waals surface area contributed by atoms with Gasteiger partial charge in [0.25, 0.3) is 0 Å². The maximum Gasteiger partial charge on any atom is 0.0742 e. The average Bonchev–Trinajstić information content (AvgIpc) is 2.33. The first-order valence-corrected chi connectivity index (χ1v) is 8.30. The van der Waals surface area contributed by atoms with Crippen molar-refractivity contribution in [3.8, 4) is 0 Å². The number of rotatable bonds is 12. The van der Waals surface area contributed by atoms with Gasteiger partial charge in [-0.1, -0.05) is 104 Å². The Hall–Kier alpha value is 0.0649. The minimum Gasteiger partial charge on any atom is -0.0688 e. The van der Waals surface area contributed by atoms with Crippen molar-refractivity contribution in [3.63, 3.8) is 0 Å². The summed E-state index contributed by atoms with van der Waals surface area (Å²) in [5.74, 6) is 0.870. The summed E-state index contributed by atoms with van der Waals surface area (Å²) in [5, 5.41) is 0.0816. The minimum absolute atomic E-state index is 0.0816. The molecule has 2 radical (unpaired) electrons. The van der Waals surface area contributed by atoms with Gasteiger partial charge in [-0.25, -0.2) is 0 Å². The third kappa shape index (κ3) is 11.2. The highest BCUT2D eigenvalue weighted by atomic mass is 14.2. The highest BCUT2D eigenvalue weighted by Gasteiger charge is 2.16. The second-order valence-electron chi connectivity index (χ2n) is 6.58. The van der Waals surface area contributed by atoms with E-state index in [9.17, 15) is 0 Å². The van der Waals surface area contributed by atoms with Crippen molar-refractivity contribution in [1.29, 1.82) is 0 Å². The van der Waals surface area contributed by atoms with Crippen LogP contribution < -0.4 is 0 Å². The lowest BCUT2D eigenvalue weighted by molar-refractivity contribution is 0.419. The summed E-state index contributed by atoms with van der Waals surface area (Å²) in [4.78, 5) is 0. The molecule has 0 aromatic carbocycles. The normalized spacial score (nSPS) is 16.4. The zero-order chi connectivity index (χ0) is 13.9. The molecule has 2 unspecified atom stereocenters. The van der Waals surface area contributed by atoms with Gasteiger partial charge in [-0.15, -0.1) is 0 Å². The molecule has 1 heteroatoms. The largest absolute Gasteiger partial charge is 0.0742 e. The highest BCUT2D eigenvalue weighted by molar-refractivity contribution is 6.14. The van der Waals surface area contributed by atoms with Gasteiger partial charge in [0.15, 0.2) is 0 Å². The molecule has 0 N–H and O–H groups in total. The summed E-state index contributed by atoms with van der Waals surface area (Å²) in [7, 11) is 6.39. The lowest BCUT2D eigenvalue weighted by atomic mass is 9.64. The number of hydrogen-bond acceptors (Lipinski definition) is 0. The fourth-order valence-electron chi connectivity index (χ4n) is 2.49. The van der Waals surface area contributed by atoms with Crippen LogP contribution in [-0.4, -0.2) is 7.85 Å². The zero-order valence-corrected chi connectivity index (χ0v) is 13.4. The van der Waals surface area contributed by atoms with Crippen LogP contribution in [0.2, 0.25) is 5.31 Å². The molecule has 0 saturated heterocycles. The molecule has 0 aliphatic carbocycles. The quantitative estimate of drug-likeness (QED) is 0.281. The minimum atomic E-state index is 0.0816. The molecule has 0 aliphatic heterocycles. The Morgan fingerprint density at radius 3 is 2.06 bits per heavy atom. The van der Waals surface area contributed by atoms with Gasteiger partial charge in [-0.05, 0) is 5.92 Å². The predicted molar refractivity (Wildman–Crippen MR) is 85.4 cm³/mol. The van der Waals surface area contributed by atoms with Crippen molar-refractivity contribution >= 4 is 7.85 Å². The van der Waals surface area contributed by atoms with E-state index in [1.807, 2.05) is 0 Å². The first-order valence-electron chi connectivity index (χ1n) is 8.30. The van der Waals surface area contributed by atoms with Gasteiger partial charge in [-0.2, -0.15) is 0 Å². The summed E-state index contributed by atoms with van der Waals surface area (Å²) in [6, 6.07) is 0. The molecule has 0 spiro atoms. The van der Waals surface area contributed by atoms with E-state index in [1.165, 1.54) is 70.6 Å². The van der Waals surface area contributed by atoms with Crippen LogP contribution in [0.4, 0.5) is 0 Å². The zero-order valence-electron chi connectivity index (χ0n) is 13.4. The molecule has 2 atom stereocenters. The molecule has 0 aromatic rings. The van der Waals surface area contributed by atoms with Crippen LogP contribution in [-0.2, 0) is 0 Å². The van der Waals surface area contributed by atoms with Crippen molar-refractivity contribution in [2.45, 2.75) is 104 Å². The fourth-order valence-corrected chi connectivity index (χ4v) is 2.49. The molecule has 0 bridgehead atoms. The van der Waals surface area contributed by atoms with E-state index >= 15 is 0 Å². The number of hydrogen-bond donors (Lipinski definition) is 0. The predicted octanol–water partition coefficient (Wildman–Crippen LogP) is 6.30. The maximum atomic E-state index is 6.39. The molecule has 0 rings (SSSR count). The van der Waals surface area contributed by atoms with Crippen LogP contribution in [0, 0.1) is 5.92 Å². The highest BCUT2D eigenvalue weighted by Crippen LogP contribution is 2.35. The molecular formula is C17H35B. The van der Waals surface area contributed by atoms with Gasteiger partial charge in [0.05, 0.1) is 7.85 Å². The molecule has 0 fully saturated rings. The molecule has 106 valence electrons. The molecule has 0 aliphatic rings. The molecule has 0 saturated carbocycles. The van der Waals surface area contributed by atoms with Crippen LogP contribution in [0.3, 0.4) is 0 Å². The van der Waals surface area contributed by atoms with Crippen LogP contribution in [0.1, 0.15) is 98.3 Å². The maximum absolute atomic E-state index is 6.39. The Labute approximate surface area is 118 Å².